The van der Waals surface area contributed by atoms with Crippen LogP contribution in [-0.2, 0) is 0 Å². The highest BCUT2D eigenvalue weighted by atomic mass is 32.1. The molecule has 1 aromatic heterocycles. The fourth-order valence-corrected chi connectivity index (χ4v) is 4.04. The number of carbonyl (C=O) groups is 1. The minimum Gasteiger partial charge on any atom is -0.368 e. The number of piperazine rings is 1. The highest BCUT2D eigenvalue weighted by Gasteiger charge is 2.23. The lowest BCUT2D eigenvalue weighted by molar-refractivity contribution is 0.189. The molecule has 1 N–H and O–H groups in total. The highest BCUT2D eigenvalue weighted by Crippen LogP contribution is 2.22. The van der Waals surface area contributed by atoms with Crippen LogP contribution in [0.5, 0.6) is 0 Å². The number of carbonyl (C=O) groups excluding carboxylic acids is 1. The lowest BCUT2D eigenvalue weighted by Gasteiger charge is -2.36. The Morgan fingerprint density at radius 3 is 2.44 bits per heavy atom. The van der Waals surface area contributed by atoms with Crippen molar-refractivity contribution in [1.29, 1.82) is 0 Å². The van der Waals surface area contributed by atoms with Crippen molar-refractivity contribution in [3.05, 3.63) is 52.7 Å². The first-order chi connectivity index (χ1) is 12.1. The summed E-state index contributed by atoms with van der Waals surface area (Å²) in [6, 6.07) is 14.8. The summed E-state index contributed by atoms with van der Waals surface area (Å²) in [5.74, 6) is 0. The Bertz CT molecular complexity index is 651. The molecule has 0 bridgehead atoms. The summed E-state index contributed by atoms with van der Waals surface area (Å²) in [7, 11) is 4.10. The Morgan fingerprint density at radius 2 is 1.84 bits per heavy atom. The summed E-state index contributed by atoms with van der Waals surface area (Å²) in [6.07, 6.45) is 0. The van der Waals surface area contributed by atoms with E-state index in [1.54, 1.807) is 11.3 Å². The standard InChI is InChI=1S/C19H26N4OS/c1-21(2)17(18-9-6-14-25-18)15-20-19(24)23-12-10-22(11-13-23)16-7-4-3-5-8-16/h3-9,14,17H,10-13,15H2,1-2H3,(H,20,24). The number of likely N-dealkylation sites (N-methyl/N-ethyl adjacent to an activating group) is 1. The molecular weight excluding hydrogens is 332 g/mol. The quantitative estimate of drug-likeness (QED) is 0.893. The van der Waals surface area contributed by atoms with E-state index in [9.17, 15) is 4.79 Å². The van der Waals surface area contributed by atoms with Gasteiger partial charge >= 0.3 is 6.03 Å². The molecule has 0 aliphatic carbocycles. The van der Waals surface area contributed by atoms with Crippen LogP contribution in [0, 0.1) is 0 Å². The largest absolute Gasteiger partial charge is 0.368 e. The van der Waals surface area contributed by atoms with E-state index in [-0.39, 0.29) is 12.1 Å². The van der Waals surface area contributed by atoms with Crippen LogP contribution in [0.4, 0.5) is 10.5 Å². The number of benzene rings is 1. The van der Waals surface area contributed by atoms with Gasteiger partial charge in [0.15, 0.2) is 0 Å². The van der Waals surface area contributed by atoms with Crippen molar-refractivity contribution in [3.63, 3.8) is 0 Å². The maximum atomic E-state index is 12.5. The van der Waals surface area contributed by atoms with Gasteiger partial charge in [-0.2, -0.15) is 0 Å². The molecule has 1 unspecified atom stereocenters. The molecule has 1 atom stereocenters. The van der Waals surface area contributed by atoms with Crippen molar-refractivity contribution in [3.8, 4) is 0 Å². The third-order valence-corrected chi connectivity index (χ3v) is 5.60. The van der Waals surface area contributed by atoms with Crippen molar-refractivity contribution in [2.45, 2.75) is 6.04 Å². The van der Waals surface area contributed by atoms with E-state index in [4.69, 9.17) is 0 Å². The third kappa shape index (κ3) is 4.52. The normalized spacial score (nSPS) is 16.1. The zero-order valence-electron chi connectivity index (χ0n) is 14.9. The number of para-hydroxylation sites is 1. The molecule has 1 aliphatic heterocycles. The first kappa shape index (κ1) is 17.8. The molecule has 2 amide bonds. The number of thiophene rings is 1. The topological polar surface area (TPSA) is 38.8 Å². The van der Waals surface area contributed by atoms with Gasteiger partial charge in [-0.25, -0.2) is 4.79 Å². The lowest BCUT2D eigenvalue weighted by atomic mass is 10.2. The molecule has 25 heavy (non-hydrogen) atoms. The van der Waals surface area contributed by atoms with Gasteiger partial charge in [0.2, 0.25) is 0 Å². The fourth-order valence-electron chi connectivity index (χ4n) is 3.12. The first-order valence-electron chi connectivity index (χ1n) is 8.68. The number of nitrogens with one attached hydrogen (secondary N) is 1. The van der Waals surface area contributed by atoms with Crippen molar-refractivity contribution in [2.24, 2.45) is 0 Å². The van der Waals surface area contributed by atoms with Crippen LogP contribution in [0.3, 0.4) is 0 Å². The maximum absolute atomic E-state index is 12.5. The van der Waals surface area contributed by atoms with Crippen LogP contribution in [0.15, 0.2) is 47.8 Å². The zero-order valence-corrected chi connectivity index (χ0v) is 15.7. The number of nitrogens with zero attached hydrogens (tertiary/aromatic N) is 3. The van der Waals surface area contributed by atoms with E-state index in [1.165, 1.54) is 10.6 Å². The molecule has 1 fully saturated rings. The molecule has 3 rings (SSSR count). The van der Waals surface area contributed by atoms with Crippen LogP contribution >= 0.6 is 11.3 Å². The Morgan fingerprint density at radius 1 is 1.12 bits per heavy atom. The van der Waals surface area contributed by atoms with E-state index < -0.39 is 0 Å². The predicted molar refractivity (Wildman–Crippen MR) is 104 cm³/mol. The Hall–Kier alpha value is -2.05. The summed E-state index contributed by atoms with van der Waals surface area (Å²) >= 11 is 1.73. The van der Waals surface area contributed by atoms with Crippen molar-refractivity contribution >= 4 is 23.1 Å². The van der Waals surface area contributed by atoms with Gasteiger partial charge in [-0.05, 0) is 37.7 Å². The molecule has 134 valence electrons. The molecule has 1 saturated heterocycles. The number of urea groups is 1. The SMILES string of the molecule is CN(C)C(CNC(=O)N1CCN(c2ccccc2)CC1)c1cccs1. The molecule has 0 saturated carbocycles. The molecule has 5 nitrogen and oxygen atoms in total. The second-order valence-electron chi connectivity index (χ2n) is 6.49. The fraction of sp³-hybridized carbons (Fsp3) is 0.421. The summed E-state index contributed by atoms with van der Waals surface area (Å²) in [4.78, 5) is 20.2. The van der Waals surface area contributed by atoms with Gasteiger partial charge in [-0.15, -0.1) is 11.3 Å². The van der Waals surface area contributed by atoms with Crippen molar-refractivity contribution in [2.75, 3.05) is 51.7 Å². The van der Waals surface area contributed by atoms with Crippen LogP contribution in [0.1, 0.15) is 10.9 Å². The molecular formula is C19H26N4OS. The van der Waals surface area contributed by atoms with Gasteiger partial charge in [0.1, 0.15) is 0 Å². The number of anilines is 1. The van der Waals surface area contributed by atoms with E-state index in [1.807, 2.05) is 11.0 Å². The summed E-state index contributed by atoms with van der Waals surface area (Å²) in [5.41, 5.74) is 1.23. The molecule has 1 aliphatic rings. The van der Waals surface area contributed by atoms with Crippen molar-refractivity contribution < 1.29 is 4.79 Å². The molecule has 0 spiro atoms. The monoisotopic (exact) mass is 358 g/mol. The van der Waals surface area contributed by atoms with E-state index >= 15 is 0 Å². The molecule has 1 aromatic carbocycles. The molecule has 2 heterocycles. The minimum atomic E-state index is 0.0381. The summed E-state index contributed by atoms with van der Waals surface area (Å²) in [6.45, 7) is 3.89. The molecule has 6 heteroatoms. The average Bonchev–Trinajstić information content (AvgIpc) is 3.16. The predicted octanol–water partition coefficient (Wildman–Crippen LogP) is 2.88. The number of amides is 2. The second kappa shape index (κ2) is 8.36. The second-order valence-corrected chi connectivity index (χ2v) is 7.47. The van der Waals surface area contributed by atoms with E-state index in [2.05, 4.69) is 71.0 Å². The van der Waals surface area contributed by atoms with E-state index in [0.29, 0.717) is 6.54 Å². The minimum absolute atomic E-state index is 0.0381. The first-order valence-corrected chi connectivity index (χ1v) is 9.55. The Kier molecular flexibility index (Phi) is 5.94. The van der Waals surface area contributed by atoms with Gasteiger partial charge in [0.25, 0.3) is 0 Å². The van der Waals surface area contributed by atoms with Crippen LogP contribution in [-0.4, -0.2) is 62.7 Å². The van der Waals surface area contributed by atoms with Gasteiger partial charge in [0.05, 0.1) is 6.04 Å². The van der Waals surface area contributed by atoms with Crippen LogP contribution < -0.4 is 10.2 Å². The van der Waals surface area contributed by atoms with E-state index in [0.717, 1.165) is 26.2 Å². The average molecular weight is 359 g/mol. The number of rotatable bonds is 5. The van der Waals surface area contributed by atoms with Gasteiger partial charge in [0, 0.05) is 43.3 Å². The molecule has 2 aromatic rings. The molecule has 0 radical (unpaired) electrons. The van der Waals surface area contributed by atoms with Crippen LogP contribution in [0.25, 0.3) is 0 Å². The van der Waals surface area contributed by atoms with Crippen LogP contribution in [0.2, 0.25) is 0 Å². The van der Waals surface area contributed by atoms with Gasteiger partial charge < -0.3 is 20.0 Å². The summed E-state index contributed by atoms with van der Waals surface area (Å²) in [5, 5.41) is 5.19. The lowest BCUT2D eigenvalue weighted by Crippen LogP contribution is -2.52. The van der Waals surface area contributed by atoms with Gasteiger partial charge in [-0.1, -0.05) is 24.3 Å². The Balaban J connectivity index is 1.49. The smallest absolute Gasteiger partial charge is 0.317 e. The number of hydrogen-bond acceptors (Lipinski definition) is 4. The van der Waals surface area contributed by atoms with Gasteiger partial charge in [-0.3, -0.25) is 0 Å². The Labute approximate surface area is 153 Å². The summed E-state index contributed by atoms with van der Waals surface area (Å²) < 4.78 is 0. The third-order valence-electron chi connectivity index (χ3n) is 4.63. The zero-order chi connectivity index (χ0) is 17.6. The maximum Gasteiger partial charge on any atom is 0.317 e. The number of hydrogen-bond donors (Lipinski definition) is 1. The highest BCUT2D eigenvalue weighted by molar-refractivity contribution is 7.10. The van der Waals surface area contributed by atoms with Crippen molar-refractivity contribution in [1.82, 2.24) is 15.1 Å².